The highest BCUT2D eigenvalue weighted by Crippen LogP contribution is 2.35. The number of aryl methyl sites for hydroxylation is 2. The number of guanidine groups is 1. The summed E-state index contributed by atoms with van der Waals surface area (Å²) in [4.78, 5) is 7.93. The van der Waals surface area contributed by atoms with Crippen LogP contribution in [0.15, 0.2) is 40.7 Å². The highest BCUT2D eigenvalue weighted by molar-refractivity contribution is 7.10. The molecule has 0 fully saturated rings. The van der Waals surface area contributed by atoms with Crippen LogP contribution in [0.5, 0.6) is 0 Å². The Morgan fingerprint density at radius 3 is 2.84 bits per heavy atom. The summed E-state index contributed by atoms with van der Waals surface area (Å²) in [6, 6.07) is 10.8. The van der Waals surface area contributed by atoms with Crippen molar-refractivity contribution in [3.63, 3.8) is 0 Å². The van der Waals surface area contributed by atoms with Crippen molar-refractivity contribution in [2.45, 2.75) is 19.9 Å². The third-order valence-corrected chi connectivity index (χ3v) is 4.59. The van der Waals surface area contributed by atoms with E-state index in [4.69, 9.17) is 5.73 Å². The third kappa shape index (κ3) is 2.12. The number of hydrogen-bond acceptors (Lipinski definition) is 4. The molecule has 1 aliphatic heterocycles. The van der Waals surface area contributed by atoms with Crippen LogP contribution in [0, 0.1) is 13.8 Å². The summed E-state index contributed by atoms with van der Waals surface area (Å²) in [6.45, 7) is 4.98. The lowest BCUT2D eigenvalue weighted by molar-refractivity contribution is 0.779. The molecule has 2 N–H and O–H groups in total. The summed E-state index contributed by atoms with van der Waals surface area (Å²) < 4.78 is 0. The Labute approximate surface area is 117 Å². The average Bonchev–Trinajstić information content (AvgIpc) is 2.95. The van der Waals surface area contributed by atoms with Crippen molar-refractivity contribution < 1.29 is 0 Å². The predicted molar refractivity (Wildman–Crippen MR) is 81.9 cm³/mol. The molecule has 0 saturated heterocycles. The summed E-state index contributed by atoms with van der Waals surface area (Å²) in [7, 11) is 0. The van der Waals surface area contributed by atoms with Crippen LogP contribution in [0.2, 0.25) is 0 Å². The fraction of sp³-hybridized carbons (Fsp3) is 0.267. The first kappa shape index (κ1) is 12.2. The minimum Gasteiger partial charge on any atom is -0.369 e. The molecule has 1 unspecified atom stereocenters. The van der Waals surface area contributed by atoms with E-state index in [1.165, 1.54) is 16.0 Å². The molecular formula is C15H17N3S. The molecule has 0 amide bonds. The Morgan fingerprint density at radius 1 is 1.32 bits per heavy atom. The molecule has 98 valence electrons. The second-order valence-corrected chi connectivity index (χ2v) is 5.84. The topological polar surface area (TPSA) is 41.6 Å². The number of nitrogens with zero attached hydrogens (tertiary/aromatic N) is 2. The summed E-state index contributed by atoms with van der Waals surface area (Å²) in [6.07, 6.45) is 0. The van der Waals surface area contributed by atoms with E-state index in [1.807, 2.05) is 0 Å². The van der Waals surface area contributed by atoms with E-state index >= 15 is 0 Å². The largest absolute Gasteiger partial charge is 0.369 e. The molecule has 2 aromatic rings. The van der Waals surface area contributed by atoms with Crippen LogP contribution in [0.3, 0.4) is 0 Å². The minimum absolute atomic E-state index is 0.238. The molecule has 0 radical (unpaired) electrons. The fourth-order valence-electron chi connectivity index (χ4n) is 2.51. The van der Waals surface area contributed by atoms with E-state index in [2.05, 4.69) is 59.5 Å². The molecule has 1 aromatic carbocycles. The molecule has 0 spiro atoms. The van der Waals surface area contributed by atoms with Crippen LogP contribution in [-0.2, 0) is 0 Å². The van der Waals surface area contributed by atoms with Gasteiger partial charge in [-0.25, -0.2) is 0 Å². The maximum atomic E-state index is 6.09. The second kappa shape index (κ2) is 4.70. The number of nitrogens with two attached hydrogens (primary N) is 1. The maximum Gasteiger partial charge on any atom is 0.196 e. The normalized spacial score (nSPS) is 18.7. The second-order valence-electron chi connectivity index (χ2n) is 4.89. The van der Waals surface area contributed by atoms with Gasteiger partial charge in [-0.3, -0.25) is 4.99 Å². The fourth-order valence-corrected chi connectivity index (χ4v) is 3.52. The number of hydrogen-bond donors (Lipinski definition) is 1. The molecular weight excluding hydrogens is 254 g/mol. The van der Waals surface area contributed by atoms with Crippen molar-refractivity contribution in [3.05, 3.63) is 51.7 Å². The number of anilines is 1. The van der Waals surface area contributed by atoms with Crippen LogP contribution < -0.4 is 10.6 Å². The van der Waals surface area contributed by atoms with Gasteiger partial charge in [0.25, 0.3) is 0 Å². The van der Waals surface area contributed by atoms with Crippen LogP contribution in [-0.4, -0.2) is 12.5 Å². The van der Waals surface area contributed by atoms with Crippen molar-refractivity contribution in [3.8, 4) is 0 Å². The number of benzene rings is 1. The van der Waals surface area contributed by atoms with Gasteiger partial charge in [0, 0.05) is 10.6 Å². The van der Waals surface area contributed by atoms with Gasteiger partial charge in [0.2, 0.25) is 0 Å². The Bertz CT molecular complexity index is 630. The first-order valence-corrected chi connectivity index (χ1v) is 7.24. The van der Waals surface area contributed by atoms with Gasteiger partial charge < -0.3 is 10.6 Å². The Balaban J connectivity index is 2.02. The Kier molecular flexibility index (Phi) is 3.03. The molecule has 1 aliphatic rings. The lowest BCUT2D eigenvalue weighted by Gasteiger charge is -2.26. The zero-order valence-electron chi connectivity index (χ0n) is 11.1. The van der Waals surface area contributed by atoms with Gasteiger partial charge in [-0.05, 0) is 48.6 Å². The van der Waals surface area contributed by atoms with Crippen molar-refractivity contribution in [2.75, 3.05) is 11.4 Å². The zero-order chi connectivity index (χ0) is 13.4. The lowest BCUT2D eigenvalue weighted by atomic mass is 10.1. The predicted octanol–water partition coefficient (Wildman–Crippen LogP) is 3.24. The number of aliphatic imine (C=N–C) groups is 1. The van der Waals surface area contributed by atoms with Gasteiger partial charge in [0.05, 0.1) is 12.6 Å². The highest BCUT2D eigenvalue weighted by Gasteiger charge is 2.30. The van der Waals surface area contributed by atoms with Gasteiger partial charge in [-0.15, -0.1) is 11.3 Å². The van der Waals surface area contributed by atoms with Gasteiger partial charge in [-0.1, -0.05) is 12.1 Å². The SMILES string of the molecule is Cc1cccc(N2C(N)=NCC2c2sccc2C)c1. The molecule has 1 atom stereocenters. The van der Waals surface area contributed by atoms with Crippen LogP contribution in [0.25, 0.3) is 0 Å². The first-order chi connectivity index (χ1) is 9.16. The maximum absolute atomic E-state index is 6.09. The molecule has 4 heteroatoms. The van der Waals surface area contributed by atoms with E-state index in [1.54, 1.807) is 11.3 Å². The van der Waals surface area contributed by atoms with Crippen molar-refractivity contribution in [1.29, 1.82) is 0 Å². The van der Waals surface area contributed by atoms with E-state index in [-0.39, 0.29) is 6.04 Å². The standard InChI is InChI=1S/C15H17N3S/c1-10-4-3-5-12(8-10)18-13(9-17-15(18)16)14-11(2)6-7-19-14/h3-8,13H,9H2,1-2H3,(H2,16,17). The summed E-state index contributed by atoms with van der Waals surface area (Å²) in [5.41, 5.74) is 9.76. The number of rotatable bonds is 2. The van der Waals surface area contributed by atoms with Gasteiger partial charge in [0.15, 0.2) is 5.96 Å². The van der Waals surface area contributed by atoms with E-state index in [0.717, 1.165) is 12.2 Å². The molecule has 3 nitrogen and oxygen atoms in total. The first-order valence-electron chi connectivity index (χ1n) is 6.36. The molecule has 1 aromatic heterocycles. The molecule has 3 rings (SSSR count). The molecule has 0 bridgehead atoms. The summed E-state index contributed by atoms with van der Waals surface area (Å²) in [5, 5.41) is 2.13. The average molecular weight is 271 g/mol. The van der Waals surface area contributed by atoms with Crippen LogP contribution in [0.4, 0.5) is 5.69 Å². The van der Waals surface area contributed by atoms with E-state index in [9.17, 15) is 0 Å². The van der Waals surface area contributed by atoms with E-state index in [0.29, 0.717) is 5.96 Å². The summed E-state index contributed by atoms with van der Waals surface area (Å²) >= 11 is 1.78. The Morgan fingerprint density at radius 2 is 2.16 bits per heavy atom. The van der Waals surface area contributed by atoms with Gasteiger partial charge >= 0.3 is 0 Å². The highest BCUT2D eigenvalue weighted by atomic mass is 32.1. The third-order valence-electron chi connectivity index (χ3n) is 3.47. The van der Waals surface area contributed by atoms with Crippen LogP contribution in [0.1, 0.15) is 22.0 Å². The van der Waals surface area contributed by atoms with Gasteiger partial charge in [-0.2, -0.15) is 0 Å². The molecule has 2 heterocycles. The van der Waals surface area contributed by atoms with Crippen molar-refractivity contribution in [1.82, 2.24) is 0 Å². The zero-order valence-corrected chi connectivity index (χ0v) is 11.9. The lowest BCUT2D eigenvalue weighted by Crippen LogP contribution is -2.36. The minimum atomic E-state index is 0.238. The number of thiophene rings is 1. The van der Waals surface area contributed by atoms with Crippen LogP contribution >= 0.6 is 11.3 Å². The quantitative estimate of drug-likeness (QED) is 0.911. The van der Waals surface area contributed by atoms with Crippen molar-refractivity contribution in [2.24, 2.45) is 10.7 Å². The summed E-state index contributed by atoms with van der Waals surface area (Å²) in [5.74, 6) is 0.614. The van der Waals surface area contributed by atoms with E-state index < -0.39 is 0 Å². The van der Waals surface area contributed by atoms with Crippen molar-refractivity contribution >= 4 is 23.0 Å². The van der Waals surface area contributed by atoms with Gasteiger partial charge in [0.1, 0.15) is 0 Å². The molecule has 19 heavy (non-hydrogen) atoms. The Hall–Kier alpha value is -1.81. The molecule has 0 aliphatic carbocycles. The molecule has 0 saturated carbocycles. The monoisotopic (exact) mass is 271 g/mol. The smallest absolute Gasteiger partial charge is 0.196 e.